The number of carbonyl (C=O) groups excluding carboxylic acids is 1. The molecule has 1 atom stereocenters. The second-order valence-electron chi connectivity index (χ2n) is 4.54. The highest BCUT2D eigenvalue weighted by Crippen LogP contribution is 2.31. The Morgan fingerprint density at radius 3 is 2.76 bits per heavy atom. The fourth-order valence-corrected chi connectivity index (χ4v) is 2.31. The van der Waals surface area contributed by atoms with Crippen LogP contribution in [0.15, 0.2) is 12.1 Å². The Morgan fingerprint density at radius 2 is 2.12 bits per heavy atom. The van der Waals surface area contributed by atoms with Crippen LogP contribution in [0.2, 0.25) is 0 Å². The standard InChI is InChI=1S/C14H19NO2/c1-3-9-7-11(12(16)4-2)8-10-5-6-13(17)15-14(9)10/h7-8,12,16H,3-6H2,1-2H3,(H,15,17). The molecule has 0 saturated carbocycles. The van der Waals surface area contributed by atoms with Crippen LogP contribution in [0, 0.1) is 0 Å². The molecule has 17 heavy (non-hydrogen) atoms. The number of fused-ring (bicyclic) bond motifs is 1. The minimum atomic E-state index is -0.400. The van der Waals surface area contributed by atoms with E-state index in [4.69, 9.17) is 0 Å². The average molecular weight is 233 g/mol. The summed E-state index contributed by atoms with van der Waals surface area (Å²) in [6, 6.07) is 4.04. The van der Waals surface area contributed by atoms with Gasteiger partial charge in [-0.25, -0.2) is 0 Å². The summed E-state index contributed by atoms with van der Waals surface area (Å²) in [5, 5.41) is 12.9. The highest BCUT2D eigenvalue weighted by Gasteiger charge is 2.19. The van der Waals surface area contributed by atoms with Gasteiger partial charge in [0.1, 0.15) is 0 Å². The van der Waals surface area contributed by atoms with Crippen LogP contribution in [0.4, 0.5) is 5.69 Å². The average Bonchev–Trinajstić information content (AvgIpc) is 2.36. The van der Waals surface area contributed by atoms with E-state index in [-0.39, 0.29) is 5.91 Å². The Kier molecular flexibility index (Phi) is 3.48. The smallest absolute Gasteiger partial charge is 0.224 e. The van der Waals surface area contributed by atoms with E-state index >= 15 is 0 Å². The van der Waals surface area contributed by atoms with Gasteiger partial charge in [-0.05, 0) is 36.0 Å². The maximum Gasteiger partial charge on any atom is 0.224 e. The van der Waals surface area contributed by atoms with Crippen LogP contribution in [0.1, 0.15) is 49.5 Å². The molecular weight excluding hydrogens is 214 g/mol. The molecule has 0 spiro atoms. The van der Waals surface area contributed by atoms with Crippen LogP contribution in [0.3, 0.4) is 0 Å². The van der Waals surface area contributed by atoms with Crippen molar-refractivity contribution in [3.05, 3.63) is 28.8 Å². The fourth-order valence-electron chi connectivity index (χ4n) is 2.31. The molecule has 3 nitrogen and oxygen atoms in total. The SMILES string of the molecule is CCc1cc(C(O)CC)cc2c1NC(=O)CC2. The van der Waals surface area contributed by atoms with Crippen molar-refractivity contribution >= 4 is 11.6 Å². The van der Waals surface area contributed by atoms with Crippen molar-refractivity contribution in [2.24, 2.45) is 0 Å². The number of anilines is 1. The van der Waals surface area contributed by atoms with Crippen molar-refractivity contribution in [2.75, 3.05) is 5.32 Å². The van der Waals surface area contributed by atoms with E-state index in [1.165, 1.54) is 0 Å². The number of carbonyl (C=O) groups is 1. The second kappa shape index (κ2) is 4.88. The zero-order valence-corrected chi connectivity index (χ0v) is 10.4. The van der Waals surface area contributed by atoms with Gasteiger partial charge in [0.25, 0.3) is 0 Å². The van der Waals surface area contributed by atoms with E-state index in [1.54, 1.807) is 0 Å². The first-order valence-corrected chi connectivity index (χ1v) is 6.29. The molecule has 1 aliphatic rings. The van der Waals surface area contributed by atoms with Crippen molar-refractivity contribution in [1.29, 1.82) is 0 Å². The van der Waals surface area contributed by atoms with E-state index in [1.807, 2.05) is 19.1 Å². The molecule has 92 valence electrons. The van der Waals surface area contributed by atoms with E-state index in [2.05, 4.69) is 12.2 Å². The summed E-state index contributed by atoms with van der Waals surface area (Å²) in [5.41, 5.74) is 4.22. The lowest BCUT2D eigenvalue weighted by molar-refractivity contribution is -0.116. The van der Waals surface area contributed by atoms with Gasteiger partial charge >= 0.3 is 0 Å². The Labute approximate surface area is 102 Å². The van der Waals surface area contributed by atoms with E-state index in [0.29, 0.717) is 12.8 Å². The predicted octanol–water partition coefficient (Wildman–Crippen LogP) is 2.58. The Bertz CT molecular complexity index is 423. The Hall–Kier alpha value is -1.35. The number of aliphatic hydroxyl groups is 1. The number of amides is 1. The van der Waals surface area contributed by atoms with Gasteiger partial charge in [-0.1, -0.05) is 26.0 Å². The lowest BCUT2D eigenvalue weighted by Crippen LogP contribution is -2.21. The van der Waals surface area contributed by atoms with Gasteiger partial charge in [-0.2, -0.15) is 0 Å². The number of benzene rings is 1. The third-order valence-corrected chi connectivity index (χ3v) is 3.36. The van der Waals surface area contributed by atoms with Crippen molar-refractivity contribution in [3.63, 3.8) is 0 Å². The third kappa shape index (κ3) is 2.34. The molecule has 1 amide bonds. The normalized spacial score (nSPS) is 16.3. The first-order valence-electron chi connectivity index (χ1n) is 6.29. The molecular formula is C14H19NO2. The summed E-state index contributed by atoms with van der Waals surface area (Å²) in [5.74, 6) is 0.0935. The zero-order chi connectivity index (χ0) is 12.4. The number of hydrogen-bond acceptors (Lipinski definition) is 2. The molecule has 3 heteroatoms. The first kappa shape index (κ1) is 12.1. The second-order valence-corrected chi connectivity index (χ2v) is 4.54. The molecule has 0 saturated heterocycles. The summed E-state index contributed by atoms with van der Waals surface area (Å²) in [6.07, 6.45) is 2.50. The highest BCUT2D eigenvalue weighted by molar-refractivity contribution is 5.94. The van der Waals surface area contributed by atoms with Crippen molar-refractivity contribution in [3.8, 4) is 0 Å². The van der Waals surface area contributed by atoms with Gasteiger partial charge in [-0.3, -0.25) is 4.79 Å². The van der Waals surface area contributed by atoms with Gasteiger partial charge in [0.2, 0.25) is 5.91 Å². The molecule has 0 radical (unpaired) electrons. The third-order valence-electron chi connectivity index (χ3n) is 3.36. The minimum Gasteiger partial charge on any atom is -0.388 e. The Morgan fingerprint density at radius 1 is 1.35 bits per heavy atom. The number of aryl methyl sites for hydroxylation is 2. The maximum atomic E-state index is 11.4. The predicted molar refractivity (Wildman–Crippen MR) is 68.0 cm³/mol. The van der Waals surface area contributed by atoms with Gasteiger partial charge in [0, 0.05) is 12.1 Å². The zero-order valence-electron chi connectivity index (χ0n) is 10.4. The molecule has 1 unspecified atom stereocenters. The summed E-state index contributed by atoms with van der Waals surface area (Å²) in [4.78, 5) is 11.4. The van der Waals surface area contributed by atoms with E-state index in [0.717, 1.165) is 35.2 Å². The van der Waals surface area contributed by atoms with Crippen LogP contribution in [-0.4, -0.2) is 11.0 Å². The van der Waals surface area contributed by atoms with Crippen LogP contribution in [0.5, 0.6) is 0 Å². The van der Waals surface area contributed by atoms with Gasteiger partial charge in [0.15, 0.2) is 0 Å². The van der Waals surface area contributed by atoms with Crippen molar-refractivity contribution in [2.45, 2.75) is 45.6 Å². The van der Waals surface area contributed by atoms with Crippen LogP contribution >= 0.6 is 0 Å². The van der Waals surface area contributed by atoms with Gasteiger partial charge < -0.3 is 10.4 Å². The molecule has 0 aromatic heterocycles. The van der Waals surface area contributed by atoms with Crippen LogP contribution in [0.25, 0.3) is 0 Å². The number of rotatable bonds is 3. The lowest BCUT2D eigenvalue weighted by Gasteiger charge is -2.22. The number of nitrogens with one attached hydrogen (secondary N) is 1. The molecule has 0 bridgehead atoms. The van der Waals surface area contributed by atoms with Crippen molar-refractivity contribution < 1.29 is 9.90 Å². The topological polar surface area (TPSA) is 49.3 Å². The van der Waals surface area contributed by atoms with Gasteiger partial charge in [-0.15, -0.1) is 0 Å². The maximum absolute atomic E-state index is 11.4. The van der Waals surface area contributed by atoms with Crippen LogP contribution < -0.4 is 5.32 Å². The summed E-state index contributed by atoms with van der Waals surface area (Å²) >= 11 is 0. The highest BCUT2D eigenvalue weighted by atomic mass is 16.3. The monoisotopic (exact) mass is 233 g/mol. The largest absolute Gasteiger partial charge is 0.388 e. The molecule has 1 aromatic carbocycles. The fraction of sp³-hybridized carbons (Fsp3) is 0.500. The lowest BCUT2D eigenvalue weighted by atomic mass is 9.92. The molecule has 2 N–H and O–H groups in total. The summed E-state index contributed by atoms with van der Waals surface area (Å²) in [6.45, 7) is 4.04. The molecule has 1 aliphatic heterocycles. The van der Waals surface area contributed by atoms with Crippen LogP contribution in [-0.2, 0) is 17.6 Å². The van der Waals surface area contributed by atoms with E-state index in [9.17, 15) is 9.90 Å². The quantitative estimate of drug-likeness (QED) is 0.843. The molecule has 1 heterocycles. The van der Waals surface area contributed by atoms with Gasteiger partial charge in [0.05, 0.1) is 6.10 Å². The van der Waals surface area contributed by atoms with E-state index < -0.39 is 6.10 Å². The summed E-state index contributed by atoms with van der Waals surface area (Å²) < 4.78 is 0. The molecule has 0 fully saturated rings. The number of aliphatic hydroxyl groups excluding tert-OH is 1. The molecule has 1 aromatic rings. The Balaban J connectivity index is 2.46. The summed E-state index contributed by atoms with van der Waals surface area (Å²) in [7, 11) is 0. The molecule has 0 aliphatic carbocycles. The minimum absolute atomic E-state index is 0.0935. The number of hydrogen-bond donors (Lipinski definition) is 2. The first-order chi connectivity index (χ1) is 8.15. The van der Waals surface area contributed by atoms with Crippen molar-refractivity contribution in [1.82, 2.24) is 0 Å². The molecule has 2 rings (SSSR count).